The van der Waals surface area contributed by atoms with Gasteiger partial charge in [0.25, 0.3) is 0 Å². The highest BCUT2D eigenvalue weighted by atomic mass is 16.4. The van der Waals surface area contributed by atoms with E-state index < -0.39 is 0 Å². The van der Waals surface area contributed by atoms with Gasteiger partial charge in [0.2, 0.25) is 0 Å². The van der Waals surface area contributed by atoms with E-state index in [1.54, 1.807) is 6.07 Å². The first-order chi connectivity index (χ1) is 10.6. The first-order valence-electron chi connectivity index (χ1n) is 8.40. The van der Waals surface area contributed by atoms with E-state index in [2.05, 4.69) is 24.0 Å². The largest absolute Gasteiger partial charge is 0.422 e. The number of hydrogen-bond donors (Lipinski definition) is 0. The minimum Gasteiger partial charge on any atom is -0.422 e. The topological polar surface area (TPSA) is 33.5 Å². The van der Waals surface area contributed by atoms with Gasteiger partial charge in [0.05, 0.1) is 0 Å². The molecule has 0 saturated carbocycles. The van der Waals surface area contributed by atoms with Gasteiger partial charge >= 0.3 is 5.63 Å². The Bertz CT molecular complexity index is 709. The molecule has 0 spiro atoms. The van der Waals surface area contributed by atoms with Gasteiger partial charge in [0, 0.05) is 18.0 Å². The standard InChI is InChI=1S/C19H25NO2/c1-14-8-9-17-16(12-18(21)22-19(17)15(14)2)13-20-10-6-4-3-5-7-11-20/h8-9,12H,3-7,10-11,13H2,1-2H3. The monoisotopic (exact) mass is 299 g/mol. The third-order valence-electron chi connectivity index (χ3n) is 4.86. The molecule has 0 bridgehead atoms. The summed E-state index contributed by atoms with van der Waals surface area (Å²) in [6.07, 6.45) is 6.54. The van der Waals surface area contributed by atoms with Crippen molar-refractivity contribution in [2.24, 2.45) is 0 Å². The normalized spacial score (nSPS) is 17.4. The Balaban J connectivity index is 1.95. The molecule has 3 heteroatoms. The van der Waals surface area contributed by atoms with Crippen molar-refractivity contribution < 1.29 is 4.42 Å². The fourth-order valence-electron chi connectivity index (χ4n) is 3.37. The van der Waals surface area contributed by atoms with Gasteiger partial charge in [-0.3, -0.25) is 4.90 Å². The maximum atomic E-state index is 11.9. The molecular formula is C19H25NO2. The molecule has 1 fully saturated rings. The molecule has 1 aliphatic heterocycles. The van der Waals surface area contributed by atoms with Gasteiger partial charge < -0.3 is 4.42 Å². The fourth-order valence-corrected chi connectivity index (χ4v) is 3.37. The van der Waals surface area contributed by atoms with Crippen molar-refractivity contribution in [1.29, 1.82) is 0 Å². The summed E-state index contributed by atoms with van der Waals surface area (Å²) in [5.74, 6) is 0. The number of fused-ring (bicyclic) bond motifs is 1. The second-order valence-electron chi connectivity index (χ2n) is 6.52. The van der Waals surface area contributed by atoms with E-state index >= 15 is 0 Å². The maximum absolute atomic E-state index is 11.9. The summed E-state index contributed by atoms with van der Waals surface area (Å²) < 4.78 is 5.47. The molecule has 0 N–H and O–H groups in total. The van der Waals surface area contributed by atoms with Crippen molar-refractivity contribution in [2.45, 2.75) is 52.5 Å². The average molecular weight is 299 g/mol. The van der Waals surface area contributed by atoms with E-state index in [4.69, 9.17) is 4.42 Å². The number of benzene rings is 1. The summed E-state index contributed by atoms with van der Waals surface area (Å²) in [5, 5.41) is 1.09. The Labute approximate surface area is 131 Å². The fraction of sp³-hybridized carbons (Fsp3) is 0.526. The van der Waals surface area contributed by atoms with Crippen LogP contribution in [0, 0.1) is 13.8 Å². The molecular weight excluding hydrogens is 274 g/mol. The molecule has 1 saturated heterocycles. The van der Waals surface area contributed by atoms with Crippen molar-refractivity contribution in [3.8, 4) is 0 Å². The summed E-state index contributed by atoms with van der Waals surface area (Å²) in [6, 6.07) is 5.89. The van der Waals surface area contributed by atoms with E-state index in [-0.39, 0.29) is 5.63 Å². The number of rotatable bonds is 2. The zero-order chi connectivity index (χ0) is 15.5. The van der Waals surface area contributed by atoms with Gasteiger partial charge in [-0.2, -0.15) is 0 Å². The van der Waals surface area contributed by atoms with Crippen molar-refractivity contribution in [3.05, 3.63) is 45.3 Å². The highest BCUT2D eigenvalue weighted by molar-refractivity contribution is 5.83. The van der Waals surface area contributed by atoms with Crippen molar-refractivity contribution in [1.82, 2.24) is 4.90 Å². The SMILES string of the molecule is Cc1ccc2c(CN3CCCCCCC3)cc(=O)oc2c1C. The Morgan fingerprint density at radius 2 is 1.73 bits per heavy atom. The van der Waals surface area contributed by atoms with E-state index in [1.165, 1.54) is 37.7 Å². The Kier molecular flexibility index (Phi) is 4.63. The summed E-state index contributed by atoms with van der Waals surface area (Å²) in [7, 11) is 0. The van der Waals surface area contributed by atoms with E-state index in [9.17, 15) is 4.79 Å². The van der Waals surface area contributed by atoms with Crippen molar-refractivity contribution in [3.63, 3.8) is 0 Å². The zero-order valence-corrected chi connectivity index (χ0v) is 13.7. The second kappa shape index (κ2) is 6.66. The Morgan fingerprint density at radius 1 is 1.05 bits per heavy atom. The van der Waals surface area contributed by atoms with Crippen LogP contribution in [0.25, 0.3) is 11.0 Å². The van der Waals surface area contributed by atoms with Crippen LogP contribution >= 0.6 is 0 Å². The highest BCUT2D eigenvalue weighted by Gasteiger charge is 2.14. The average Bonchev–Trinajstić information content (AvgIpc) is 2.46. The van der Waals surface area contributed by atoms with Gasteiger partial charge in [0.15, 0.2) is 0 Å². The molecule has 1 aromatic carbocycles. The number of nitrogens with zero attached hydrogens (tertiary/aromatic N) is 1. The van der Waals surface area contributed by atoms with Crippen LogP contribution in [0.2, 0.25) is 0 Å². The first kappa shape index (κ1) is 15.3. The zero-order valence-electron chi connectivity index (χ0n) is 13.7. The van der Waals surface area contributed by atoms with Gasteiger partial charge in [-0.25, -0.2) is 4.79 Å². The van der Waals surface area contributed by atoms with E-state index in [0.29, 0.717) is 0 Å². The molecule has 22 heavy (non-hydrogen) atoms. The summed E-state index contributed by atoms with van der Waals surface area (Å²) in [6.45, 7) is 7.20. The van der Waals surface area contributed by atoms with Gasteiger partial charge in [0.1, 0.15) is 5.58 Å². The van der Waals surface area contributed by atoms with E-state index in [1.807, 2.05) is 6.92 Å². The highest BCUT2D eigenvalue weighted by Crippen LogP contribution is 2.24. The van der Waals surface area contributed by atoms with Crippen molar-refractivity contribution in [2.75, 3.05) is 13.1 Å². The minimum absolute atomic E-state index is 0.233. The van der Waals surface area contributed by atoms with Crippen LogP contribution in [0.4, 0.5) is 0 Å². The molecule has 2 heterocycles. The molecule has 0 atom stereocenters. The molecule has 0 unspecified atom stereocenters. The molecule has 0 aliphatic carbocycles. The quantitative estimate of drug-likeness (QED) is 0.780. The molecule has 3 nitrogen and oxygen atoms in total. The van der Waals surface area contributed by atoms with Crippen LogP contribution in [-0.4, -0.2) is 18.0 Å². The minimum atomic E-state index is -0.233. The third kappa shape index (κ3) is 3.25. The van der Waals surface area contributed by atoms with Crippen LogP contribution in [0.3, 0.4) is 0 Å². The third-order valence-corrected chi connectivity index (χ3v) is 4.86. The number of likely N-dealkylation sites (tertiary alicyclic amines) is 1. The number of aryl methyl sites for hydroxylation is 2. The van der Waals surface area contributed by atoms with Gasteiger partial charge in [-0.15, -0.1) is 0 Å². The Morgan fingerprint density at radius 3 is 2.45 bits per heavy atom. The lowest BCUT2D eigenvalue weighted by Crippen LogP contribution is -2.27. The van der Waals surface area contributed by atoms with Gasteiger partial charge in [-0.05, 0) is 56.5 Å². The van der Waals surface area contributed by atoms with Crippen LogP contribution in [-0.2, 0) is 6.54 Å². The summed E-state index contributed by atoms with van der Waals surface area (Å²) >= 11 is 0. The van der Waals surface area contributed by atoms with E-state index in [0.717, 1.165) is 41.7 Å². The maximum Gasteiger partial charge on any atom is 0.336 e. The lowest BCUT2D eigenvalue weighted by molar-refractivity contribution is 0.240. The molecule has 0 amide bonds. The molecule has 118 valence electrons. The number of hydrogen-bond acceptors (Lipinski definition) is 3. The smallest absolute Gasteiger partial charge is 0.336 e. The predicted molar refractivity (Wildman–Crippen MR) is 90.3 cm³/mol. The molecule has 0 radical (unpaired) electrons. The molecule has 1 aliphatic rings. The Hall–Kier alpha value is -1.61. The molecule has 1 aromatic heterocycles. The van der Waals surface area contributed by atoms with Crippen molar-refractivity contribution >= 4 is 11.0 Å². The van der Waals surface area contributed by atoms with Gasteiger partial charge in [-0.1, -0.05) is 31.4 Å². The lowest BCUT2D eigenvalue weighted by Gasteiger charge is -2.25. The first-order valence-corrected chi connectivity index (χ1v) is 8.40. The van der Waals surface area contributed by atoms with Crippen LogP contribution in [0.15, 0.2) is 27.4 Å². The van der Waals surface area contributed by atoms with Crippen LogP contribution in [0.5, 0.6) is 0 Å². The lowest BCUT2D eigenvalue weighted by atomic mass is 10.0. The second-order valence-corrected chi connectivity index (χ2v) is 6.52. The van der Waals surface area contributed by atoms with Crippen LogP contribution in [0.1, 0.15) is 48.8 Å². The van der Waals surface area contributed by atoms with Crippen LogP contribution < -0.4 is 5.63 Å². The predicted octanol–water partition coefficient (Wildman–Crippen LogP) is 4.18. The molecule has 3 rings (SSSR count). The summed E-state index contributed by atoms with van der Waals surface area (Å²) in [4.78, 5) is 14.4. The summed E-state index contributed by atoms with van der Waals surface area (Å²) in [5.41, 5.74) is 3.87. The molecule has 2 aromatic rings.